The molecule has 8 nitrogen and oxygen atoms in total. The predicted octanol–water partition coefficient (Wildman–Crippen LogP) is 27.9. The molecule has 19 aromatic rings. The van der Waals surface area contributed by atoms with Crippen molar-refractivity contribution in [2.75, 3.05) is 0 Å². The Morgan fingerprint density at radius 1 is 0.167 bits per heavy atom. The molecule has 17 aromatic carbocycles. The van der Waals surface area contributed by atoms with E-state index in [0.717, 1.165) is 100 Å². The number of hydrogen-bond donors (Lipinski definition) is 0. The van der Waals surface area contributed by atoms with E-state index in [0.29, 0.717) is 46.3 Å². The summed E-state index contributed by atoms with van der Waals surface area (Å²) in [7, 11) is 0. The summed E-state index contributed by atoms with van der Waals surface area (Å²) in [4.78, 5) is 37.8. The molecule has 120 heavy (non-hydrogen) atoms. The summed E-state index contributed by atoms with van der Waals surface area (Å²) in [5.41, 5.74) is 30.9. The second-order valence-corrected chi connectivity index (χ2v) is 30.1. The number of hydrogen-bond acceptors (Lipinski definition) is 6. The van der Waals surface area contributed by atoms with Crippen LogP contribution in [0.4, 0.5) is 11.4 Å². The van der Waals surface area contributed by atoms with Gasteiger partial charge in [-0.05, 0) is 141 Å². The van der Waals surface area contributed by atoms with Gasteiger partial charge in [0, 0.05) is 33.4 Å². The third kappa shape index (κ3) is 13.3. The molecule has 0 saturated heterocycles. The van der Waals surface area contributed by atoms with E-state index >= 15 is 0 Å². The van der Waals surface area contributed by atoms with Gasteiger partial charge >= 0.3 is 0 Å². The largest absolute Gasteiger partial charge is 0.238 e. The van der Waals surface area contributed by atoms with E-state index in [9.17, 15) is 0 Å². The normalized spacial score (nSPS) is 12.3. The predicted molar refractivity (Wildman–Crippen MR) is 487 cm³/mol. The van der Waals surface area contributed by atoms with Gasteiger partial charge in [-0.1, -0.05) is 419 Å². The van der Waals surface area contributed by atoms with E-state index in [1.54, 1.807) is 0 Å². The van der Waals surface area contributed by atoms with E-state index < -0.39 is 10.8 Å². The molecule has 21 rings (SSSR count). The monoisotopic (exact) mass is 1530 g/mol. The topological polar surface area (TPSA) is 86.1 Å². The third-order valence-corrected chi connectivity index (χ3v) is 23.3. The zero-order chi connectivity index (χ0) is 80.4. The van der Waals surface area contributed by atoms with Crippen LogP contribution >= 0.6 is 0 Å². The van der Waals surface area contributed by atoms with Crippen LogP contribution < -0.4 is 0 Å². The Balaban J connectivity index is 0.000000154. The summed E-state index contributed by atoms with van der Waals surface area (Å²) in [6.07, 6.45) is 0. The molecule has 8 heteroatoms. The lowest BCUT2D eigenvalue weighted by Gasteiger charge is -2.34. The molecule has 2 aromatic heterocycles. The van der Waals surface area contributed by atoms with Crippen LogP contribution in [-0.2, 0) is 10.8 Å². The van der Waals surface area contributed by atoms with E-state index in [-0.39, 0.29) is 0 Å². The molecule has 0 spiro atoms. The summed E-state index contributed by atoms with van der Waals surface area (Å²) < 4.78 is 0. The number of fused-ring (bicyclic) bond motifs is 6. The minimum atomic E-state index is -0.557. The Kier molecular flexibility index (Phi) is 19.1. The molecule has 0 atom stereocenters. The Labute approximate surface area is 697 Å². The summed E-state index contributed by atoms with van der Waals surface area (Å²) in [6, 6.07) is 152. The highest BCUT2D eigenvalue weighted by atomic mass is 15.0. The highest BCUT2D eigenvalue weighted by Gasteiger charge is 2.48. The number of rotatable bonds is 15. The van der Waals surface area contributed by atoms with E-state index in [1.807, 2.05) is 84.9 Å². The first-order chi connectivity index (χ1) is 59.4. The van der Waals surface area contributed by atoms with Crippen LogP contribution in [0.1, 0.15) is 44.5 Å². The first-order valence-electron chi connectivity index (χ1n) is 40.2. The summed E-state index contributed by atoms with van der Waals surface area (Å²) in [6.45, 7) is 15.8. The average molecular weight is 1530 g/mol. The van der Waals surface area contributed by atoms with Gasteiger partial charge in [0.2, 0.25) is 0 Å². The maximum Gasteiger partial charge on any atom is 0.187 e. The van der Waals surface area contributed by atoms with Crippen LogP contribution in [0.3, 0.4) is 0 Å². The van der Waals surface area contributed by atoms with Crippen molar-refractivity contribution >= 4 is 11.4 Å². The molecule has 0 bridgehead atoms. The van der Waals surface area contributed by atoms with Gasteiger partial charge in [-0.3, -0.25) is 0 Å². The van der Waals surface area contributed by atoms with Crippen LogP contribution in [0.5, 0.6) is 0 Å². The molecule has 0 saturated carbocycles. The molecular formula is C112H72N8. The first-order valence-corrected chi connectivity index (χ1v) is 40.2. The maximum absolute atomic E-state index is 7.93. The Morgan fingerprint density at radius 2 is 0.400 bits per heavy atom. The van der Waals surface area contributed by atoms with Crippen molar-refractivity contribution in [3.63, 3.8) is 0 Å². The Bertz CT molecular complexity index is 6990. The second kappa shape index (κ2) is 31.5. The molecule has 0 aliphatic heterocycles. The summed E-state index contributed by atoms with van der Waals surface area (Å²) in [5.74, 6) is 3.69. The molecular weight excluding hydrogens is 1460 g/mol. The van der Waals surface area contributed by atoms with Crippen molar-refractivity contribution in [2.24, 2.45) is 0 Å². The number of benzene rings is 17. The van der Waals surface area contributed by atoms with Gasteiger partial charge in [-0.25, -0.2) is 39.6 Å². The molecule has 2 aliphatic rings. The molecule has 0 N–H and O–H groups in total. The molecule has 0 unspecified atom stereocenters. The van der Waals surface area contributed by atoms with Gasteiger partial charge < -0.3 is 0 Å². The molecule has 0 radical (unpaired) electrons. The highest BCUT2D eigenvalue weighted by molar-refractivity contribution is 5.97. The quantitative estimate of drug-likeness (QED) is 0.0951. The number of nitrogens with zero attached hydrogens (tertiary/aromatic N) is 8. The average Bonchev–Trinajstić information content (AvgIpc) is 1.55. The van der Waals surface area contributed by atoms with Crippen LogP contribution in [0.25, 0.3) is 156 Å². The van der Waals surface area contributed by atoms with Gasteiger partial charge in [-0.2, -0.15) is 0 Å². The van der Waals surface area contributed by atoms with E-state index in [4.69, 9.17) is 43.0 Å². The number of aromatic nitrogens is 6. The molecule has 2 aliphatic carbocycles. The van der Waals surface area contributed by atoms with Crippen LogP contribution in [0.2, 0.25) is 0 Å². The van der Waals surface area contributed by atoms with Crippen molar-refractivity contribution in [2.45, 2.75) is 10.8 Å². The lowest BCUT2D eigenvalue weighted by molar-refractivity contribution is 0.768. The van der Waals surface area contributed by atoms with Crippen LogP contribution in [0, 0.1) is 13.1 Å². The lowest BCUT2D eigenvalue weighted by Crippen LogP contribution is -2.28. The fourth-order valence-corrected chi connectivity index (χ4v) is 17.6. The zero-order valence-electron chi connectivity index (χ0n) is 65.1. The first kappa shape index (κ1) is 72.7. The van der Waals surface area contributed by atoms with Gasteiger partial charge in [-0.15, -0.1) is 0 Å². The fraction of sp³-hybridized carbons (Fsp3) is 0.0179. The van der Waals surface area contributed by atoms with Crippen molar-refractivity contribution < 1.29 is 0 Å². The van der Waals surface area contributed by atoms with Gasteiger partial charge in [0.1, 0.15) is 0 Å². The Morgan fingerprint density at radius 3 is 0.733 bits per heavy atom. The fourth-order valence-electron chi connectivity index (χ4n) is 17.6. The standard InChI is InChI=1S/C59H38N4.C53H34N4/c1-60-51-35-37-55-53(39-51)52-38-48(34-36-54(52)59(55,49-18-10-4-11-19-49)50-20-12-5-13-21-50)44-28-32-47(33-29-44)58-62-56(45-16-8-3-9-17-45)61-57(63-58)46-30-26-43(27-31-46)42-24-22-41(23-25-42)40-14-6-2-7-15-40;1-54-44-33-34-47-46(35-44)49-45(23-14-24-48(49)53(47,42-19-10-4-11-20-42)43-21-12-5-13-22-43)38-27-31-41(32-28-38)52-56-50(39-17-8-3-9-18-39)55-51(57-52)40-29-25-37(26-30-40)36-15-6-2-7-16-36/h2-39H;2-35H. The summed E-state index contributed by atoms with van der Waals surface area (Å²) >= 11 is 0. The maximum atomic E-state index is 7.93. The molecule has 0 fully saturated rings. The van der Waals surface area contributed by atoms with Crippen LogP contribution in [0.15, 0.2) is 437 Å². The van der Waals surface area contributed by atoms with Gasteiger partial charge in [0.15, 0.2) is 46.3 Å². The van der Waals surface area contributed by atoms with Crippen LogP contribution in [-0.4, -0.2) is 29.9 Å². The van der Waals surface area contributed by atoms with Crippen molar-refractivity contribution in [3.05, 3.63) is 504 Å². The van der Waals surface area contributed by atoms with E-state index in [1.165, 1.54) is 55.6 Å². The molecule has 560 valence electrons. The van der Waals surface area contributed by atoms with E-state index in [2.05, 4.69) is 362 Å². The minimum absolute atomic E-state index is 0.530. The lowest BCUT2D eigenvalue weighted by atomic mass is 9.67. The minimum Gasteiger partial charge on any atom is -0.238 e. The molecule has 2 heterocycles. The van der Waals surface area contributed by atoms with Crippen molar-refractivity contribution in [1.29, 1.82) is 0 Å². The molecule has 0 amide bonds. The third-order valence-electron chi connectivity index (χ3n) is 23.3. The van der Waals surface area contributed by atoms with Gasteiger partial charge in [0.25, 0.3) is 0 Å². The van der Waals surface area contributed by atoms with Crippen molar-refractivity contribution in [1.82, 2.24) is 29.9 Å². The summed E-state index contributed by atoms with van der Waals surface area (Å²) in [5, 5.41) is 0. The van der Waals surface area contributed by atoms with Crippen molar-refractivity contribution in [3.8, 4) is 146 Å². The SMILES string of the molecule is [C-]#[N+]c1ccc2c(c1)-c1c(-c3ccc(-c4nc(-c5ccccc5)nc(-c5ccc(-c6ccccc6)cc5)n4)cc3)cccc1C2(c1ccccc1)c1ccccc1.[C-]#[N+]c1ccc2c(c1)-c1cc(-c3ccc(-c4nc(-c5ccccc5)nc(-c5ccc(-c6ccc(-c7ccccc7)cc6)cc5)n4)cc3)ccc1C2(c1ccccc1)c1ccccc1. The highest BCUT2D eigenvalue weighted by Crippen LogP contribution is 2.60. The Hall–Kier alpha value is -16.3. The zero-order valence-corrected chi connectivity index (χ0v) is 65.1. The smallest absolute Gasteiger partial charge is 0.187 e. The second-order valence-electron chi connectivity index (χ2n) is 30.1. The van der Waals surface area contributed by atoms with Gasteiger partial charge in [0.05, 0.1) is 24.0 Å².